The molecule has 5 aromatic carbocycles. The lowest BCUT2D eigenvalue weighted by Crippen LogP contribution is -2.36. The van der Waals surface area contributed by atoms with Crippen molar-refractivity contribution in [3.63, 3.8) is 0 Å². The number of benzene rings is 5. The molecule has 0 bridgehead atoms. The number of fused-ring (bicyclic) bond motifs is 5. The molecule has 0 fully saturated rings. The standard InChI is InChI=1S/C59H72N2/c1-25-26(2)34(10)47(35(11)27(25)3)48-39(15)40(16)52-51-38(14)28(4)31(7)41(17)53(51)59(54(52)44(48)20,57-45(21)49-36(12)29(5)32(8)42(18)55(49)60(57)23)58-46(22)50-37(13)30(6)33(9)43(19)56(50)61(58)24/h1-24H3. The van der Waals surface area contributed by atoms with Gasteiger partial charge in [0, 0.05) is 36.3 Å². The Labute approximate surface area is 368 Å². The Balaban J connectivity index is 1.81. The molecular weight excluding hydrogens is 737 g/mol. The maximum atomic E-state index is 2.67. The van der Waals surface area contributed by atoms with E-state index in [0.717, 1.165) is 0 Å². The van der Waals surface area contributed by atoms with Crippen molar-refractivity contribution in [2.24, 2.45) is 14.1 Å². The van der Waals surface area contributed by atoms with Gasteiger partial charge in [0.1, 0.15) is 5.41 Å². The van der Waals surface area contributed by atoms with Crippen LogP contribution < -0.4 is 0 Å². The third-order valence-corrected chi connectivity index (χ3v) is 18.1. The van der Waals surface area contributed by atoms with Crippen LogP contribution in [0.5, 0.6) is 0 Å². The van der Waals surface area contributed by atoms with Gasteiger partial charge in [0.15, 0.2) is 0 Å². The fourth-order valence-electron chi connectivity index (χ4n) is 13.4. The Morgan fingerprint density at radius 1 is 0.230 bits per heavy atom. The van der Waals surface area contributed by atoms with Crippen LogP contribution in [-0.4, -0.2) is 9.13 Å². The van der Waals surface area contributed by atoms with Gasteiger partial charge < -0.3 is 9.13 Å². The minimum absolute atomic E-state index is 0.650. The molecule has 2 aromatic heterocycles. The molecule has 0 amide bonds. The second-order valence-corrected chi connectivity index (χ2v) is 20.0. The van der Waals surface area contributed by atoms with E-state index < -0.39 is 5.41 Å². The second-order valence-electron chi connectivity index (χ2n) is 20.0. The SMILES string of the molecule is Cc1c(C)c(C)c(-c2c(C)c(C)c3c(c2C)C(c2c(C)c4c(C)c(C)c(C)c(C)c4n2C)(c2c(C)c4c(C)c(C)c(C)c(C)c4n2C)c2c(C)c(C)c(C)c(C)c2-3)c(C)c1C. The van der Waals surface area contributed by atoms with E-state index in [1.54, 1.807) is 0 Å². The smallest absolute Gasteiger partial charge is 0.103 e. The van der Waals surface area contributed by atoms with Crippen LogP contribution in [0.3, 0.4) is 0 Å². The molecule has 2 nitrogen and oxygen atoms in total. The first-order valence-corrected chi connectivity index (χ1v) is 22.8. The zero-order valence-corrected chi connectivity index (χ0v) is 42.4. The van der Waals surface area contributed by atoms with Crippen LogP contribution in [0.4, 0.5) is 0 Å². The first-order valence-electron chi connectivity index (χ1n) is 22.8. The average Bonchev–Trinajstić information content (AvgIpc) is 3.78. The molecule has 0 saturated carbocycles. The van der Waals surface area contributed by atoms with Gasteiger partial charge in [-0.1, -0.05) is 0 Å². The lowest BCUT2D eigenvalue weighted by Gasteiger charge is -2.39. The van der Waals surface area contributed by atoms with E-state index in [0.29, 0.717) is 0 Å². The molecule has 0 radical (unpaired) electrons. The number of hydrogen-bond acceptors (Lipinski definition) is 0. The molecule has 61 heavy (non-hydrogen) atoms. The Morgan fingerprint density at radius 2 is 0.475 bits per heavy atom. The van der Waals surface area contributed by atoms with Crippen molar-refractivity contribution in [2.45, 2.75) is 158 Å². The normalized spacial score (nSPS) is 13.4. The molecule has 0 atom stereocenters. The average molecular weight is 809 g/mol. The van der Waals surface area contributed by atoms with Gasteiger partial charge in [-0.2, -0.15) is 0 Å². The van der Waals surface area contributed by atoms with Gasteiger partial charge in [0.05, 0.1) is 11.0 Å². The highest BCUT2D eigenvalue weighted by Crippen LogP contribution is 2.65. The second kappa shape index (κ2) is 13.6. The highest BCUT2D eigenvalue weighted by molar-refractivity contribution is 6.02. The summed E-state index contributed by atoms with van der Waals surface area (Å²) in [6, 6.07) is 0. The minimum atomic E-state index is -0.650. The third-order valence-electron chi connectivity index (χ3n) is 18.1. The Morgan fingerprint density at radius 3 is 0.869 bits per heavy atom. The fraction of sp³-hybridized carbons (Fsp3) is 0.424. The molecule has 8 rings (SSSR count). The lowest BCUT2D eigenvalue weighted by molar-refractivity contribution is 0.623. The fourth-order valence-corrected chi connectivity index (χ4v) is 13.4. The predicted molar refractivity (Wildman–Crippen MR) is 266 cm³/mol. The van der Waals surface area contributed by atoms with E-state index in [2.05, 4.69) is 176 Å². The van der Waals surface area contributed by atoms with Crippen LogP contribution in [0.1, 0.15) is 145 Å². The highest BCUT2D eigenvalue weighted by Gasteiger charge is 2.55. The van der Waals surface area contributed by atoms with Crippen molar-refractivity contribution in [1.29, 1.82) is 0 Å². The van der Waals surface area contributed by atoms with Crippen LogP contribution in [-0.2, 0) is 19.5 Å². The molecule has 0 unspecified atom stereocenters. The molecule has 0 saturated heterocycles. The predicted octanol–water partition coefficient (Wildman–Crippen LogP) is 15.5. The van der Waals surface area contributed by atoms with Crippen molar-refractivity contribution in [3.8, 4) is 22.3 Å². The van der Waals surface area contributed by atoms with Gasteiger partial charge in [-0.05, 0) is 308 Å². The molecule has 318 valence electrons. The summed E-state index contributed by atoms with van der Waals surface area (Å²) >= 11 is 0. The van der Waals surface area contributed by atoms with Gasteiger partial charge in [-0.3, -0.25) is 0 Å². The van der Waals surface area contributed by atoms with Gasteiger partial charge >= 0.3 is 0 Å². The first kappa shape index (κ1) is 42.9. The largest absolute Gasteiger partial charge is 0.346 e. The summed E-state index contributed by atoms with van der Waals surface area (Å²) in [5, 5.41) is 2.83. The highest BCUT2D eigenvalue weighted by atomic mass is 15.0. The van der Waals surface area contributed by atoms with Crippen molar-refractivity contribution in [3.05, 3.63) is 145 Å². The van der Waals surface area contributed by atoms with Gasteiger partial charge in [-0.15, -0.1) is 0 Å². The zero-order valence-electron chi connectivity index (χ0n) is 42.4. The zero-order chi connectivity index (χ0) is 45.3. The van der Waals surface area contributed by atoms with Crippen LogP contribution in [0.2, 0.25) is 0 Å². The van der Waals surface area contributed by atoms with Crippen molar-refractivity contribution in [2.75, 3.05) is 0 Å². The van der Waals surface area contributed by atoms with E-state index in [4.69, 9.17) is 0 Å². The number of nitrogens with zero attached hydrogens (tertiary/aromatic N) is 2. The molecule has 1 aliphatic carbocycles. The topological polar surface area (TPSA) is 9.86 Å². The molecule has 2 heteroatoms. The van der Waals surface area contributed by atoms with E-state index in [1.807, 2.05) is 0 Å². The molecule has 2 heterocycles. The lowest BCUT2D eigenvalue weighted by atomic mass is 9.65. The first-order chi connectivity index (χ1) is 28.3. The van der Waals surface area contributed by atoms with E-state index in [1.165, 1.54) is 189 Å². The van der Waals surface area contributed by atoms with E-state index >= 15 is 0 Å². The molecule has 0 aliphatic heterocycles. The molecular formula is C59H72N2. The van der Waals surface area contributed by atoms with Crippen LogP contribution in [0, 0.1) is 152 Å². The summed E-state index contributed by atoms with van der Waals surface area (Å²) in [4.78, 5) is 0. The van der Waals surface area contributed by atoms with Gasteiger partial charge in [-0.25, -0.2) is 0 Å². The Kier molecular flexibility index (Phi) is 9.55. The minimum Gasteiger partial charge on any atom is -0.346 e. The molecule has 7 aromatic rings. The van der Waals surface area contributed by atoms with Crippen LogP contribution in [0.15, 0.2) is 0 Å². The monoisotopic (exact) mass is 809 g/mol. The number of aromatic nitrogens is 2. The van der Waals surface area contributed by atoms with Gasteiger partial charge in [0.25, 0.3) is 0 Å². The summed E-state index contributed by atoms with van der Waals surface area (Å²) in [5.41, 5.74) is 44.5. The molecule has 1 aliphatic rings. The maximum absolute atomic E-state index is 2.67. The summed E-state index contributed by atoms with van der Waals surface area (Å²) in [7, 11) is 4.80. The van der Waals surface area contributed by atoms with Gasteiger partial charge in [0.2, 0.25) is 0 Å². The van der Waals surface area contributed by atoms with E-state index in [-0.39, 0.29) is 0 Å². The quantitative estimate of drug-likeness (QED) is 0.168. The summed E-state index contributed by atoms with van der Waals surface area (Å²) in [6.07, 6.45) is 0. The Hall–Kier alpha value is -4.82. The van der Waals surface area contributed by atoms with Crippen molar-refractivity contribution in [1.82, 2.24) is 9.13 Å². The third kappa shape index (κ3) is 4.86. The molecule has 0 spiro atoms. The van der Waals surface area contributed by atoms with Crippen molar-refractivity contribution >= 4 is 21.8 Å². The number of hydrogen-bond donors (Lipinski definition) is 0. The van der Waals surface area contributed by atoms with Crippen molar-refractivity contribution < 1.29 is 0 Å². The number of rotatable bonds is 3. The van der Waals surface area contributed by atoms with Crippen LogP contribution >= 0.6 is 0 Å². The summed E-state index contributed by atoms with van der Waals surface area (Å²) < 4.78 is 5.33. The number of aryl methyl sites for hydroxylation is 8. The Bertz CT molecular complexity index is 2950. The van der Waals surface area contributed by atoms with Crippen LogP contribution in [0.25, 0.3) is 44.1 Å². The summed E-state index contributed by atoms with van der Waals surface area (Å²) in [6.45, 7) is 52.5. The molecule has 0 N–H and O–H groups in total. The summed E-state index contributed by atoms with van der Waals surface area (Å²) in [5.74, 6) is 0. The maximum Gasteiger partial charge on any atom is 0.103 e. The van der Waals surface area contributed by atoms with E-state index in [9.17, 15) is 0 Å².